The molecule has 8 heteroatoms. The van der Waals surface area contributed by atoms with Gasteiger partial charge in [-0.1, -0.05) is 26.7 Å². The minimum atomic E-state index is -0.0646. The summed E-state index contributed by atoms with van der Waals surface area (Å²) in [6.45, 7) is 4.83. The van der Waals surface area contributed by atoms with Crippen molar-refractivity contribution in [3.8, 4) is 0 Å². The lowest BCUT2D eigenvalue weighted by molar-refractivity contribution is -0.121. The molecule has 1 amide bonds. The zero-order chi connectivity index (χ0) is 19.4. The number of hydrogen-bond donors (Lipinski definition) is 3. The van der Waals surface area contributed by atoms with E-state index in [1.807, 2.05) is 0 Å². The number of aromatic nitrogens is 2. The van der Waals surface area contributed by atoms with Gasteiger partial charge >= 0.3 is 0 Å². The molecule has 1 aliphatic rings. The Labute approximate surface area is 176 Å². The zero-order valence-corrected chi connectivity index (χ0v) is 18.3. The number of aromatic amines is 1. The van der Waals surface area contributed by atoms with Crippen LogP contribution in [0.1, 0.15) is 62.2 Å². The number of fused-ring (bicyclic) bond motifs is 3. The van der Waals surface area contributed by atoms with Gasteiger partial charge in [0.2, 0.25) is 5.91 Å². The number of amides is 1. The average molecular weight is 427 g/mol. The Morgan fingerprint density at radius 2 is 2.25 bits per heavy atom. The van der Waals surface area contributed by atoms with E-state index in [1.54, 1.807) is 11.3 Å². The van der Waals surface area contributed by atoms with Gasteiger partial charge in [0.15, 0.2) is 0 Å². The van der Waals surface area contributed by atoms with Gasteiger partial charge < -0.3 is 16.0 Å². The summed E-state index contributed by atoms with van der Waals surface area (Å²) in [6.07, 6.45) is 6.89. The van der Waals surface area contributed by atoms with Gasteiger partial charge in [0.1, 0.15) is 10.7 Å². The molecule has 0 aliphatic heterocycles. The number of nitrogens with one attached hydrogen (secondary N) is 2. The predicted octanol–water partition coefficient (Wildman–Crippen LogP) is 3.10. The summed E-state index contributed by atoms with van der Waals surface area (Å²) in [5.41, 5.74) is 6.86. The first-order chi connectivity index (χ1) is 13.0. The van der Waals surface area contributed by atoms with E-state index in [0.717, 1.165) is 48.7 Å². The highest BCUT2D eigenvalue weighted by molar-refractivity contribution is 7.18. The standard InChI is InChI=1S/C20H30N4O2S.ClH/c1-3-4-5-13(11-21)22-17(25)9-8-16-23-19(26)18-14-7-6-12(2)10-15(14)27-20(18)24-16;/h12-13H,3-11,21H2,1-2H3,(H,22,25)(H,23,24,26);1H. The molecule has 0 saturated heterocycles. The Balaban J connectivity index is 0.00000280. The van der Waals surface area contributed by atoms with E-state index in [2.05, 4.69) is 29.1 Å². The van der Waals surface area contributed by atoms with Crippen LogP contribution in [0.25, 0.3) is 10.2 Å². The number of hydrogen-bond acceptors (Lipinski definition) is 5. The van der Waals surface area contributed by atoms with Crippen molar-refractivity contribution < 1.29 is 4.79 Å². The first-order valence-electron chi connectivity index (χ1n) is 10.0. The van der Waals surface area contributed by atoms with Crippen molar-refractivity contribution in [3.63, 3.8) is 0 Å². The molecule has 1 aliphatic carbocycles. The van der Waals surface area contributed by atoms with Crippen molar-refractivity contribution in [3.05, 3.63) is 26.6 Å². The number of nitrogens with two attached hydrogens (primary N) is 1. The van der Waals surface area contributed by atoms with Gasteiger partial charge in [-0.2, -0.15) is 0 Å². The van der Waals surface area contributed by atoms with Gasteiger partial charge in [0.05, 0.1) is 5.39 Å². The summed E-state index contributed by atoms with van der Waals surface area (Å²) in [5, 5.41) is 3.75. The number of halogens is 1. The molecule has 0 radical (unpaired) electrons. The summed E-state index contributed by atoms with van der Waals surface area (Å²) in [4.78, 5) is 34.5. The van der Waals surface area contributed by atoms with Gasteiger partial charge in [-0.25, -0.2) is 4.98 Å². The molecule has 2 aromatic heterocycles. The van der Waals surface area contributed by atoms with Gasteiger partial charge in [0.25, 0.3) is 5.56 Å². The Morgan fingerprint density at radius 1 is 1.46 bits per heavy atom. The van der Waals surface area contributed by atoms with Crippen LogP contribution in [0.2, 0.25) is 0 Å². The highest BCUT2D eigenvalue weighted by atomic mass is 35.5. The van der Waals surface area contributed by atoms with E-state index in [9.17, 15) is 9.59 Å². The minimum absolute atomic E-state index is 0. The molecule has 156 valence electrons. The van der Waals surface area contributed by atoms with E-state index in [1.165, 1.54) is 10.4 Å². The number of aryl methyl sites for hydroxylation is 2. The molecule has 2 unspecified atom stereocenters. The summed E-state index contributed by atoms with van der Waals surface area (Å²) in [7, 11) is 0. The normalized spacial score (nSPS) is 17.0. The molecule has 28 heavy (non-hydrogen) atoms. The lowest BCUT2D eigenvalue weighted by atomic mass is 9.89. The lowest BCUT2D eigenvalue weighted by Crippen LogP contribution is -2.40. The van der Waals surface area contributed by atoms with E-state index in [0.29, 0.717) is 31.1 Å². The Bertz CT molecular complexity index is 864. The predicted molar refractivity (Wildman–Crippen MR) is 118 cm³/mol. The smallest absolute Gasteiger partial charge is 0.259 e. The summed E-state index contributed by atoms with van der Waals surface area (Å²) >= 11 is 1.64. The summed E-state index contributed by atoms with van der Waals surface area (Å²) in [6, 6.07) is 0.0259. The third-order valence-corrected chi connectivity index (χ3v) is 6.51. The highest BCUT2D eigenvalue weighted by Crippen LogP contribution is 2.35. The quantitative estimate of drug-likeness (QED) is 0.603. The Hall–Kier alpha value is -1.44. The van der Waals surface area contributed by atoms with Gasteiger partial charge in [0, 0.05) is 30.3 Å². The molecule has 3 rings (SSSR count). The fourth-order valence-electron chi connectivity index (χ4n) is 3.74. The van der Waals surface area contributed by atoms with Crippen molar-refractivity contribution in [1.82, 2.24) is 15.3 Å². The van der Waals surface area contributed by atoms with Crippen LogP contribution in [0.15, 0.2) is 4.79 Å². The molecular weight excluding hydrogens is 396 g/mol. The molecule has 2 atom stereocenters. The molecule has 6 nitrogen and oxygen atoms in total. The molecule has 0 aromatic carbocycles. The van der Waals surface area contributed by atoms with E-state index in [4.69, 9.17) is 5.73 Å². The second-order valence-electron chi connectivity index (χ2n) is 7.69. The summed E-state index contributed by atoms with van der Waals surface area (Å²) in [5.74, 6) is 1.21. The number of carbonyl (C=O) groups excluding carboxylic acids is 1. The van der Waals surface area contributed by atoms with E-state index >= 15 is 0 Å². The van der Waals surface area contributed by atoms with Crippen molar-refractivity contribution in [1.29, 1.82) is 0 Å². The molecular formula is C20H31ClN4O2S. The second-order valence-corrected chi connectivity index (χ2v) is 8.77. The Morgan fingerprint density at radius 3 is 2.96 bits per heavy atom. The molecule has 0 saturated carbocycles. The molecule has 0 fully saturated rings. The number of thiophene rings is 1. The van der Waals surface area contributed by atoms with Crippen molar-refractivity contribution in [2.45, 2.75) is 71.3 Å². The van der Waals surface area contributed by atoms with E-state index < -0.39 is 0 Å². The van der Waals surface area contributed by atoms with Crippen LogP contribution >= 0.6 is 23.7 Å². The number of nitrogens with zero attached hydrogens (tertiary/aromatic N) is 1. The van der Waals surface area contributed by atoms with Crippen molar-refractivity contribution >= 4 is 39.9 Å². The molecule has 2 aromatic rings. The van der Waals surface area contributed by atoms with Crippen LogP contribution in [-0.4, -0.2) is 28.5 Å². The van der Waals surface area contributed by atoms with Crippen LogP contribution < -0.4 is 16.6 Å². The lowest BCUT2D eigenvalue weighted by Gasteiger charge is -2.17. The maximum Gasteiger partial charge on any atom is 0.259 e. The SMILES string of the molecule is CCCCC(CN)NC(=O)CCc1nc2sc3c(c2c(=O)[nH]1)CCC(C)C3.Cl. The first-order valence-corrected chi connectivity index (χ1v) is 10.9. The third-order valence-electron chi connectivity index (χ3n) is 5.36. The topological polar surface area (TPSA) is 101 Å². The fraction of sp³-hybridized carbons (Fsp3) is 0.650. The number of unbranched alkanes of at least 4 members (excludes halogenated alkanes) is 1. The molecule has 2 heterocycles. The number of rotatable bonds is 8. The van der Waals surface area contributed by atoms with Crippen LogP contribution in [0.3, 0.4) is 0 Å². The molecule has 0 spiro atoms. The highest BCUT2D eigenvalue weighted by Gasteiger charge is 2.23. The minimum Gasteiger partial charge on any atom is -0.352 e. The Kier molecular flexibility index (Phi) is 8.46. The van der Waals surface area contributed by atoms with Gasteiger partial charge in [-0.3, -0.25) is 9.59 Å². The van der Waals surface area contributed by atoms with Crippen molar-refractivity contribution in [2.24, 2.45) is 11.7 Å². The summed E-state index contributed by atoms with van der Waals surface area (Å²) < 4.78 is 0. The zero-order valence-electron chi connectivity index (χ0n) is 16.7. The largest absolute Gasteiger partial charge is 0.352 e. The first kappa shape index (κ1) is 22.8. The van der Waals surface area contributed by atoms with Gasteiger partial charge in [-0.05, 0) is 37.2 Å². The number of H-pyrrole nitrogens is 1. The third kappa shape index (κ3) is 5.33. The maximum absolute atomic E-state index is 12.6. The fourth-order valence-corrected chi connectivity index (χ4v) is 5.15. The van der Waals surface area contributed by atoms with Crippen LogP contribution in [0, 0.1) is 5.92 Å². The number of carbonyl (C=O) groups is 1. The molecule has 4 N–H and O–H groups in total. The monoisotopic (exact) mass is 426 g/mol. The van der Waals surface area contributed by atoms with Crippen LogP contribution in [-0.2, 0) is 24.1 Å². The van der Waals surface area contributed by atoms with E-state index in [-0.39, 0.29) is 29.9 Å². The molecule has 0 bridgehead atoms. The average Bonchev–Trinajstić information content (AvgIpc) is 3.01. The van der Waals surface area contributed by atoms with Crippen LogP contribution in [0.5, 0.6) is 0 Å². The van der Waals surface area contributed by atoms with Gasteiger partial charge in [-0.15, -0.1) is 23.7 Å². The second kappa shape index (κ2) is 10.4. The van der Waals surface area contributed by atoms with Crippen LogP contribution in [0.4, 0.5) is 0 Å². The maximum atomic E-state index is 12.6. The van der Waals surface area contributed by atoms with Crippen molar-refractivity contribution in [2.75, 3.05) is 6.54 Å².